The van der Waals surface area contributed by atoms with Crippen LogP contribution in [0.4, 0.5) is 0 Å². The van der Waals surface area contributed by atoms with E-state index in [2.05, 4.69) is 19.2 Å². The number of esters is 1. The molecule has 0 spiro atoms. The fourth-order valence-corrected chi connectivity index (χ4v) is 11.8. The van der Waals surface area contributed by atoms with E-state index in [4.69, 9.17) is 4.74 Å². The molecule has 0 heterocycles. The highest BCUT2D eigenvalue weighted by Gasteiger charge is 2.18. The Labute approximate surface area is 495 Å². The summed E-state index contributed by atoms with van der Waals surface area (Å²) >= 11 is 0. The molecule has 79 heavy (non-hydrogen) atoms. The van der Waals surface area contributed by atoms with Gasteiger partial charge in [0.05, 0.1) is 25.4 Å². The number of ether oxygens (including phenoxy) is 1. The first kappa shape index (κ1) is 77.6. The molecule has 0 aromatic heterocycles. The molecule has 3 N–H and O–H groups in total. The average Bonchev–Trinajstić information content (AvgIpc) is 3.45. The second-order valence-electron chi connectivity index (χ2n) is 25.3. The van der Waals surface area contributed by atoms with Gasteiger partial charge in [-0.25, -0.2) is 0 Å². The van der Waals surface area contributed by atoms with Gasteiger partial charge in [-0.05, 0) is 32.1 Å². The Morgan fingerprint density at radius 2 is 0.582 bits per heavy atom. The monoisotopic (exact) mass is 1110 g/mol. The van der Waals surface area contributed by atoms with E-state index >= 15 is 0 Å². The second kappa shape index (κ2) is 69.1. The highest BCUT2D eigenvalue weighted by Crippen LogP contribution is 2.19. The topological polar surface area (TPSA) is 95.9 Å². The maximum Gasteiger partial charge on any atom is 0.305 e. The van der Waals surface area contributed by atoms with Crippen LogP contribution in [0.25, 0.3) is 0 Å². The number of hydrogen-bond donors (Lipinski definition) is 3. The summed E-state index contributed by atoms with van der Waals surface area (Å²) in [5.74, 6) is -0.0389. The quantitative estimate of drug-likeness (QED) is 0.0320. The highest BCUT2D eigenvalue weighted by atomic mass is 16.5. The summed E-state index contributed by atoms with van der Waals surface area (Å²) < 4.78 is 5.50. The summed E-state index contributed by atoms with van der Waals surface area (Å²) in [5, 5.41) is 23.3. The van der Waals surface area contributed by atoms with Crippen LogP contribution in [0.1, 0.15) is 418 Å². The number of amides is 1. The largest absolute Gasteiger partial charge is 0.466 e. The molecule has 0 aromatic rings. The number of hydrogen-bond acceptors (Lipinski definition) is 5. The van der Waals surface area contributed by atoms with Gasteiger partial charge in [-0.3, -0.25) is 9.59 Å². The number of allylic oxidation sites excluding steroid dienone is 1. The Morgan fingerprint density at radius 3 is 0.861 bits per heavy atom. The number of nitrogens with one attached hydrogen (secondary N) is 1. The zero-order valence-corrected chi connectivity index (χ0v) is 53.9. The molecule has 2 atom stereocenters. The van der Waals surface area contributed by atoms with E-state index in [1.54, 1.807) is 6.08 Å². The molecule has 0 fully saturated rings. The molecule has 0 rings (SSSR count). The fraction of sp³-hybridized carbons (Fsp3) is 0.945. The first-order chi connectivity index (χ1) is 39.0. The Kier molecular flexibility index (Phi) is 67.9. The van der Waals surface area contributed by atoms with E-state index in [0.717, 1.165) is 38.5 Å². The van der Waals surface area contributed by atoms with E-state index in [1.807, 2.05) is 6.08 Å². The van der Waals surface area contributed by atoms with Crippen LogP contribution in [0.5, 0.6) is 0 Å². The summed E-state index contributed by atoms with van der Waals surface area (Å²) in [6.45, 7) is 4.96. The molecule has 6 nitrogen and oxygen atoms in total. The van der Waals surface area contributed by atoms with Crippen molar-refractivity contribution in [1.82, 2.24) is 5.32 Å². The lowest BCUT2D eigenvalue weighted by molar-refractivity contribution is -0.143. The van der Waals surface area contributed by atoms with Crippen molar-refractivity contribution in [3.05, 3.63) is 12.2 Å². The minimum atomic E-state index is -0.843. The standard InChI is InChI=1S/C73H143NO5/c1-3-5-7-9-11-13-15-17-19-20-21-31-34-38-41-45-49-53-57-61-65-71(76)70(69-75)74-72(77)66-62-58-54-50-46-42-39-35-32-29-27-25-23-22-24-26-28-30-33-36-40-44-48-52-56-60-64-68-79-73(78)67-63-59-55-51-47-43-37-18-16-14-12-10-8-6-4-2/h61,65,70-71,75-76H,3-60,62-64,66-69H2,1-2H3,(H,74,77)/b65-61+. The molecule has 0 aliphatic heterocycles. The lowest BCUT2D eigenvalue weighted by Gasteiger charge is -2.20. The van der Waals surface area contributed by atoms with E-state index in [9.17, 15) is 19.8 Å². The number of carbonyl (C=O) groups is 2. The number of unbranched alkanes of at least 4 members (excludes halogenated alkanes) is 58. The third kappa shape index (κ3) is 65.6. The van der Waals surface area contributed by atoms with Crippen molar-refractivity contribution in [3.8, 4) is 0 Å². The van der Waals surface area contributed by atoms with Crippen LogP contribution in [-0.4, -0.2) is 47.4 Å². The number of aliphatic hydroxyl groups excluding tert-OH is 2. The molecule has 0 aromatic carbocycles. The fourth-order valence-electron chi connectivity index (χ4n) is 11.8. The minimum Gasteiger partial charge on any atom is -0.466 e. The van der Waals surface area contributed by atoms with Crippen LogP contribution >= 0.6 is 0 Å². The van der Waals surface area contributed by atoms with Gasteiger partial charge in [0.2, 0.25) is 5.91 Å². The normalized spacial score (nSPS) is 12.5. The summed E-state index contributed by atoms with van der Waals surface area (Å²) in [6, 6.07) is -0.626. The van der Waals surface area contributed by atoms with Gasteiger partial charge >= 0.3 is 5.97 Å². The molecule has 2 unspecified atom stereocenters. The molecule has 6 heteroatoms. The van der Waals surface area contributed by atoms with Crippen LogP contribution in [0.3, 0.4) is 0 Å². The number of aliphatic hydroxyl groups is 2. The molecule has 470 valence electrons. The first-order valence-electron chi connectivity index (χ1n) is 36.5. The van der Waals surface area contributed by atoms with Crippen molar-refractivity contribution in [1.29, 1.82) is 0 Å². The smallest absolute Gasteiger partial charge is 0.305 e. The van der Waals surface area contributed by atoms with Gasteiger partial charge in [0.15, 0.2) is 0 Å². The molecular formula is C73H143NO5. The van der Waals surface area contributed by atoms with Crippen LogP contribution in [0.15, 0.2) is 12.2 Å². The molecule has 0 bridgehead atoms. The van der Waals surface area contributed by atoms with E-state index < -0.39 is 12.1 Å². The Balaban J connectivity index is 3.36. The lowest BCUT2D eigenvalue weighted by Crippen LogP contribution is -2.45. The average molecular weight is 1110 g/mol. The van der Waals surface area contributed by atoms with Gasteiger partial charge in [-0.2, -0.15) is 0 Å². The number of carbonyl (C=O) groups excluding carboxylic acids is 2. The SMILES string of the molecule is CCCCCCCCCCCCCCCCCCCC/C=C/C(O)C(CO)NC(=O)CCCCCCCCCCCCCCCCCCCCCCCCCCCCCOC(=O)CCCCCCCCCCCCCCCCC. The summed E-state index contributed by atoms with van der Waals surface area (Å²) in [6.07, 6.45) is 85.8. The summed E-state index contributed by atoms with van der Waals surface area (Å²) in [7, 11) is 0. The first-order valence-corrected chi connectivity index (χ1v) is 36.5. The maximum atomic E-state index is 12.5. The minimum absolute atomic E-state index is 0.0217. The van der Waals surface area contributed by atoms with Gasteiger partial charge in [0, 0.05) is 12.8 Å². The Hall–Kier alpha value is -1.40. The van der Waals surface area contributed by atoms with Crippen molar-refractivity contribution in [3.63, 3.8) is 0 Å². The van der Waals surface area contributed by atoms with Crippen LogP contribution in [0.2, 0.25) is 0 Å². The van der Waals surface area contributed by atoms with Gasteiger partial charge in [-0.1, -0.05) is 386 Å². The van der Waals surface area contributed by atoms with Crippen LogP contribution in [-0.2, 0) is 14.3 Å². The summed E-state index contributed by atoms with van der Waals surface area (Å²) in [4.78, 5) is 24.6. The van der Waals surface area contributed by atoms with Crippen molar-refractivity contribution in [2.45, 2.75) is 431 Å². The van der Waals surface area contributed by atoms with Crippen LogP contribution < -0.4 is 5.32 Å². The second-order valence-corrected chi connectivity index (χ2v) is 25.3. The third-order valence-electron chi connectivity index (χ3n) is 17.3. The maximum absolute atomic E-state index is 12.5. The van der Waals surface area contributed by atoms with Gasteiger partial charge in [-0.15, -0.1) is 0 Å². The highest BCUT2D eigenvalue weighted by molar-refractivity contribution is 5.76. The molecule has 1 amide bonds. The van der Waals surface area contributed by atoms with Crippen molar-refractivity contribution >= 4 is 11.9 Å². The van der Waals surface area contributed by atoms with Gasteiger partial charge in [0.25, 0.3) is 0 Å². The molecular weight excluding hydrogens is 971 g/mol. The Bertz CT molecular complexity index is 1190. The van der Waals surface area contributed by atoms with Crippen molar-refractivity contribution < 1.29 is 24.5 Å². The third-order valence-corrected chi connectivity index (χ3v) is 17.3. The molecule has 0 saturated heterocycles. The molecule has 0 radical (unpaired) electrons. The van der Waals surface area contributed by atoms with Gasteiger partial charge < -0.3 is 20.3 Å². The Morgan fingerprint density at radius 1 is 0.342 bits per heavy atom. The predicted molar refractivity (Wildman–Crippen MR) is 347 cm³/mol. The predicted octanol–water partition coefficient (Wildman–Crippen LogP) is 23.5. The van der Waals surface area contributed by atoms with Crippen LogP contribution in [0, 0.1) is 0 Å². The van der Waals surface area contributed by atoms with Crippen molar-refractivity contribution in [2.75, 3.05) is 13.2 Å². The molecule has 0 aliphatic rings. The number of rotatable bonds is 69. The molecule has 0 aliphatic carbocycles. The summed E-state index contributed by atoms with van der Waals surface area (Å²) in [5.41, 5.74) is 0. The lowest BCUT2D eigenvalue weighted by atomic mass is 10.0. The van der Waals surface area contributed by atoms with E-state index in [0.29, 0.717) is 19.4 Å². The zero-order chi connectivity index (χ0) is 57.1. The van der Waals surface area contributed by atoms with Gasteiger partial charge in [0.1, 0.15) is 0 Å². The molecule has 0 saturated carbocycles. The van der Waals surface area contributed by atoms with Crippen molar-refractivity contribution in [2.24, 2.45) is 0 Å². The van der Waals surface area contributed by atoms with E-state index in [1.165, 1.54) is 353 Å². The van der Waals surface area contributed by atoms with E-state index in [-0.39, 0.29) is 18.5 Å². The zero-order valence-electron chi connectivity index (χ0n) is 53.9.